The van der Waals surface area contributed by atoms with Crippen LogP contribution in [0.3, 0.4) is 0 Å². The summed E-state index contributed by atoms with van der Waals surface area (Å²) in [5.74, 6) is -0.317. The smallest absolute Gasteiger partial charge is 0.216 e. The second kappa shape index (κ2) is 6.36. The molecule has 0 aromatic heterocycles. The highest BCUT2D eigenvalue weighted by Crippen LogP contribution is 2.09. The van der Waals surface area contributed by atoms with E-state index in [9.17, 15) is 13.2 Å². The van der Waals surface area contributed by atoms with Gasteiger partial charge in [-0.2, -0.15) is 0 Å². The highest BCUT2D eigenvalue weighted by molar-refractivity contribution is 7.88. The van der Waals surface area contributed by atoms with Crippen LogP contribution in [0, 0.1) is 0 Å². The van der Waals surface area contributed by atoms with E-state index in [1.807, 2.05) is 0 Å². The van der Waals surface area contributed by atoms with Crippen molar-refractivity contribution in [3.8, 4) is 0 Å². The van der Waals surface area contributed by atoms with Crippen molar-refractivity contribution in [1.82, 2.24) is 10.0 Å². The van der Waals surface area contributed by atoms with E-state index in [-0.39, 0.29) is 24.7 Å². The van der Waals surface area contributed by atoms with Gasteiger partial charge >= 0.3 is 0 Å². The molecular weight excluding hydrogens is 254 g/mol. The summed E-state index contributed by atoms with van der Waals surface area (Å²) in [6.45, 7) is 1.82. The van der Waals surface area contributed by atoms with Crippen molar-refractivity contribution in [1.29, 1.82) is 0 Å². The van der Waals surface area contributed by atoms with Crippen LogP contribution in [0.4, 0.5) is 5.69 Å². The van der Waals surface area contributed by atoms with Gasteiger partial charge in [0, 0.05) is 25.7 Å². The van der Waals surface area contributed by atoms with Crippen molar-refractivity contribution < 1.29 is 13.2 Å². The molecule has 0 radical (unpaired) electrons. The molecule has 0 saturated heterocycles. The number of nitrogens with two attached hydrogens (primary N) is 1. The molecule has 0 heterocycles. The number of hydrogen-bond donors (Lipinski definition) is 3. The molecule has 100 valence electrons. The maximum atomic E-state index is 11.7. The van der Waals surface area contributed by atoms with Crippen LogP contribution in [-0.4, -0.2) is 27.4 Å². The number of carbonyl (C=O) groups is 1. The van der Waals surface area contributed by atoms with Gasteiger partial charge in [0.1, 0.15) is 0 Å². The van der Waals surface area contributed by atoms with Gasteiger partial charge in [-0.1, -0.05) is 12.1 Å². The Morgan fingerprint density at radius 2 is 2.06 bits per heavy atom. The first-order valence-corrected chi connectivity index (χ1v) is 7.10. The Balaban J connectivity index is 2.47. The molecule has 1 aromatic rings. The van der Waals surface area contributed by atoms with Crippen molar-refractivity contribution in [3.05, 3.63) is 29.8 Å². The minimum Gasteiger partial charge on any atom is -0.399 e. The van der Waals surface area contributed by atoms with Crippen LogP contribution in [0.5, 0.6) is 0 Å². The van der Waals surface area contributed by atoms with Crippen molar-refractivity contribution in [3.63, 3.8) is 0 Å². The molecule has 6 nitrogen and oxygen atoms in total. The molecule has 1 amide bonds. The molecule has 18 heavy (non-hydrogen) atoms. The van der Waals surface area contributed by atoms with E-state index in [1.165, 1.54) is 6.92 Å². The number of benzene rings is 1. The molecule has 0 aliphatic heterocycles. The van der Waals surface area contributed by atoms with Crippen LogP contribution in [0.2, 0.25) is 0 Å². The molecular formula is C11H17N3O3S. The third-order valence-electron chi connectivity index (χ3n) is 2.13. The van der Waals surface area contributed by atoms with E-state index in [2.05, 4.69) is 10.0 Å². The standard InChI is InChI=1S/C11H17N3O3S/c1-9(15)13-5-6-14-18(16,17)8-10-3-2-4-11(12)7-10/h2-4,7,14H,5-6,8,12H2,1H3,(H,13,15). The maximum absolute atomic E-state index is 11.7. The molecule has 0 aliphatic carbocycles. The van der Waals surface area contributed by atoms with Gasteiger partial charge in [-0.15, -0.1) is 0 Å². The van der Waals surface area contributed by atoms with Gasteiger partial charge in [-0.25, -0.2) is 13.1 Å². The monoisotopic (exact) mass is 271 g/mol. The lowest BCUT2D eigenvalue weighted by Gasteiger charge is -2.07. The molecule has 0 spiro atoms. The van der Waals surface area contributed by atoms with Gasteiger partial charge in [-0.3, -0.25) is 4.79 Å². The van der Waals surface area contributed by atoms with Crippen LogP contribution in [-0.2, 0) is 20.6 Å². The Morgan fingerprint density at radius 3 is 2.67 bits per heavy atom. The Bertz CT molecular complexity index is 514. The summed E-state index contributed by atoms with van der Waals surface area (Å²) >= 11 is 0. The zero-order valence-electron chi connectivity index (χ0n) is 10.1. The van der Waals surface area contributed by atoms with Crippen LogP contribution >= 0.6 is 0 Å². The summed E-state index contributed by atoms with van der Waals surface area (Å²) in [6.07, 6.45) is 0. The fraction of sp³-hybridized carbons (Fsp3) is 0.364. The van der Waals surface area contributed by atoms with Crippen LogP contribution in [0.1, 0.15) is 12.5 Å². The van der Waals surface area contributed by atoms with Crippen molar-refractivity contribution in [2.24, 2.45) is 0 Å². The lowest BCUT2D eigenvalue weighted by atomic mass is 10.2. The first-order valence-electron chi connectivity index (χ1n) is 5.45. The second-order valence-electron chi connectivity index (χ2n) is 3.88. The Labute approximate surface area is 107 Å². The van der Waals surface area contributed by atoms with E-state index >= 15 is 0 Å². The molecule has 7 heteroatoms. The number of carbonyl (C=O) groups excluding carboxylic acids is 1. The van der Waals surface area contributed by atoms with Gasteiger partial charge in [0.25, 0.3) is 0 Å². The number of rotatable bonds is 6. The molecule has 0 aliphatic rings. The molecule has 1 rings (SSSR count). The third-order valence-corrected chi connectivity index (χ3v) is 3.49. The van der Waals surface area contributed by atoms with Crippen LogP contribution in [0.15, 0.2) is 24.3 Å². The van der Waals surface area contributed by atoms with Gasteiger partial charge in [-0.05, 0) is 17.7 Å². The molecule has 0 unspecified atom stereocenters. The number of amides is 1. The van der Waals surface area contributed by atoms with E-state index in [0.29, 0.717) is 11.3 Å². The number of nitrogen functional groups attached to an aromatic ring is 1. The van der Waals surface area contributed by atoms with E-state index < -0.39 is 10.0 Å². The second-order valence-corrected chi connectivity index (χ2v) is 5.69. The predicted octanol–water partition coefficient (Wildman–Crippen LogP) is -0.176. The Kier molecular flexibility index (Phi) is 5.11. The maximum Gasteiger partial charge on any atom is 0.216 e. The molecule has 1 aromatic carbocycles. The minimum atomic E-state index is -3.41. The third kappa shape index (κ3) is 5.65. The van der Waals surface area contributed by atoms with Crippen molar-refractivity contribution >= 4 is 21.6 Å². The summed E-state index contributed by atoms with van der Waals surface area (Å²) in [6, 6.07) is 6.72. The summed E-state index contributed by atoms with van der Waals surface area (Å²) in [5, 5.41) is 2.51. The van der Waals surface area contributed by atoms with Gasteiger partial charge in [0.2, 0.25) is 15.9 Å². The SMILES string of the molecule is CC(=O)NCCNS(=O)(=O)Cc1cccc(N)c1. The molecule has 4 N–H and O–H groups in total. The normalized spacial score (nSPS) is 11.2. The van der Waals surface area contributed by atoms with E-state index in [1.54, 1.807) is 24.3 Å². The van der Waals surface area contributed by atoms with Crippen LogP contribution < -0.4 is 15.8 Å². The summed E-state index contributed by atoms with van der Waals surface area (Å²) in [7, 11) is -3.41. The summed E-state index contributed by atoms with van der Waals surface area (Å²) < 4.78 is 25.8. The highest BCUT2D eigenvalue weighted by Gasteiger charge is 2.10. The first kappa shape index (κ1) is 14.5. The minimum absolute atomic E-state index is 0.127. The Hall–Kier alpha value is -1.60. The predicted molar refractivity (Wildman–Crippen MR) is 70.2 cm³/mol. The number of nitrogens with one attached hydrogen (secondary N) is 2. The van der Waals surface area contributed by atoms with Crippen LogP contribution in [0.25, 0.3) is 0 Å². The molecule has 0 saturated carbocycles. The van der Waals surface area contributed by atoms with Gasteiger partial charge < -0.3 is 11.1 Å². The number of hydrogen-bond acceptors (Lipinski definition) is 4. The fourth-order valence-electron chi connectivity index (χ4n) is 1.40. The molecule has 0 fully saturated rings. The lowest BCUT2D eigenvalue weighted by Crippen LogP contribution is -2.34. The highest BCUT2D eigenvalue weighted by atomic mass is 32.2. The van der Waals surface area contributed by atoms with E-state index in [0.717, 1.165) is 0 Å². The summed E-state index contributed by atoms with van der Waals surface area (Å²) in [4.78, 5) is 10.6. The average Bonchev–Trinajstić information content (AvgIpc) is 2.23. The average molecular weight is 271 g/mol. The van der Waals surface area contributed by atoms with Gasteiger partial charge in [0.05, 0.1) is 5.75 Å². The number of sulfonamides is 1. The number of anilines is 1. The lowest BCUT2D eigenvalue weighted by molar-refractivity contribution is -0.118. The largest absolute Gasteiger partial charge is 0.399 e. The quantitative estimate of drug-likeness (QED) is 0.493. The van der Waals surface area contributed by atoms with Crippen molar-refractivity contribution in [2.75, 3.05) is 18.8 Å². The van der Waals surface area contributed by atoms with E-state index in [4.69, 9.17) is 5.73 Å². The Morgan fingerprint density at radius 1 is 1.33 bits per heavy atom. The fourth-order valence-corrected chi connectivity index (χ4v) is 2.53. The zero-order chi connectivity index (χ0) is 13.6. The van der Waals surface area contributed by atoms with Gasteiger partial charge in [0.15, 0.2) is 0 Å². The molecule has 0 bridgehead atoms. The van der Waals surface area contributed by atoms with Crippen molar-refractivity contribution in [2.45, 2.75) is 12.7 Å². The zero-order valence-corrected chi connectivity index (χ0v) is 11.0. The molecule has 0 atom stereocenters. The first-order chi connectivity index (χ1) is 8.39. The topological polar surface area (TPSA) is 101 Å². The summed E-state index contributed by atoms with van der Waals surface area (Å²) in [5.41, 5.74) is 6.73.